The lowest BCUT2D eigenvalue weighted by Crippen LogP contribution is -2.66. The quantitative estimate of drug-likeness (QED) is 0.721. The zero-order valence-corrected chi connectivity index (χ0v) is 13.4. The van der Waals surface area contributed by atoms with Gasteiger partial charge in [-0.3, -0.25) is 9.59 Å². The highest BCUT2D eigenvalue weighted by Crippen LogP contribution is 2.60. The van der Waals surface area contributed by atoms with E-state index in [1.165, 1.54) is 6.08 Å². The summed E-state index contributed by atoms with van der Waals surface area (Å²) in [6.45, 7) is 3.74. The van der Waals surface area contributed by atoms with E-state index in [4.69, 9.17) is 0 Å². The van der Waals surface area contributed by atoms with Crippen LogP contribution in [0, 0.1) is 11.3 Å². The molecule has 3 aliphatic rings. The second kappa shape index (κ2) is 5.14. The van der Waals surface area contributed by atoms with Gasteiger partial charge in [0, 0.05) is 17.9 Å². The van der Waals surface area contributed by atoms with Crippen LogP contribution in [0.4, 0.5) is 0 Å². The molecule has 0 heterocycles. The van der Waals surface area contributed by atoms with Crippen LogP contribution < -0.4 is 0 Å². The molecule has 0 aromatic heterocycles. The van der Waals surface area contributed by atoms with Crippen molar-refractivity contribution in [1.82, 2.24) is 0 Å². The predicted molar refractivity (Wildman–Crippen MR) is 83.6 cm³/mol. The molecule has 0 aliphatic heterocycles. The molecule has 0 spiro atoms. The van der Waals surface area contributed by atoms with Gasteiger partial charge in [-0.2, -0.15) is 0 Å². The first kappa shape index (κ1) is 16.1. The summed E-state index contributed by atoms with van der Waals surface area (Å²) in [4.78, 5) is 24.2. The Bertz CT molecular complexity index is 671. The maximum absolute atomic E-state index is 12.3. The molecule has 0 aromatic rings. The van der Waals surface area contributed by atoms with E-state index in [0.29, 0.717) is 18.4 Å². The number of aliphatic hydroxyl groups excluding tert-OH is 2. The lowest BCUT2D eigenvalue weighted by atomic mass is 9.48. The van der Waals surface area contributed by atoms with E-state index in [-0.39, 0.29) is 30.1 Å². The minimum atomic E-state index is -1.43. The van der Waals surface area contributed by atoms with Gasteiger partial charge in [-0.25, -0.2) is 0 Å². The molecule has 0 amide bonds. The third-order valence-electron chi connectivity index (χ3n) is 5.74. The Morgan fingerprint density at radius 3 is 2.65 bits per heavy atom. The molecule has 5 heteroatoms. The number of fused-ring (bicyclic) bond motifs is 3. The summed E-state index contributed by atoms with van der Waals surface area (Å²) in [6.07, 6.45) is 4.47. The first-order valence-electron chi connectivity index (χ1n) is 8.11. The van der Waals surface area contributed by atoms with Crippen molar-refractivity contribution >= 4 is 11.6 Å². The summed E-state index contributed by atoms with van der Waals surface area (Å²) in [5, 5.41) is 32.6. The normalized spacial score (nSPS) is 39.9. The number of Topliss-reactive ketones (excluding diaryl/α,β-unsaturated/α-hetero) is 1. The largest absolute Gasteiger partial charge is 0.504 e. The third-order valence-corrected chi connectivity index (χ3v) is 5.74. The molecule has 3 N–H and O–H groups in total. The number of allylic oxidation sites excluding steroid dienone is 3. The summed E-state index contributed by atoms with van der Waals surface area (Å²) in [5.74, 6) is -1.68. The van der Waals surface area contributed by atoms with Gasteiger partial charge >= 0.3 is 0 Å². The van der Waals surface area contributed by atoms with Gasteiger partial charge in [0.2, 0.25) is 5.78 Å². The lowest BCUT2D eigenvalue weighted by Gasteiger charge is -2.58. The highest BCUT2D eigenvalue weighted by molar-refractivity contribution is 6.06. The lowest BCUT2D eigenvalue weighted by molar-refractivity contribution is -0.185. The van der Waals surface area contributed by atoms with E-state index in [0.717, 1.165) is 0 Å². The van der Waals surface area contributed by atoms with Crippen LogP contribution in [0.25, 0.3) is 0 Å². The number of hydrogen-bond acceptors (Lipinski definition) is 5. The van der Waals surface area contributed by atoms with Crippen LogP contribution in [0.2, 0.25) is 0 Å². The monoisotopic (exact) mass is 318 g/mol. The average molecular weight is 318 g/mol. The fourth-order valence-corrected chi connectivity index (χ4v) is 4.65. The topological polar surface area (TPSA) is 94.8 Å². The van der Waals surface area contributed by atoms with Gasteiger partial charge in [0.05, 0.1) is 11.0 Å². The van der Waals surface area contributed by atoms with Crippen molar-refractivity contribution < 1.29 is 24.9 Å². The zero-order valence-electron chi connectivity index (χ0n) is 13.4. The fourth-order valence-electron chi connectivity index (χ4n) is 4.65. The molecule has 0 bridgehead atoms. The summed E-state index contributed by atoms with van der Waals surface area (Å²) in [6, 6.07) is 0. The van der Waals surface area contributed by atoms with Gasteiger partial charge < -0.3 is 15.3 Å². The summed E-state index contributed by atoms with van der Waals surface area (Å²) in [5.41, 5.74) is -1.87. The van der Waals surface area contributed by atoms with Crippen molar-refractivity contribution in [2.45, 2.75) is 51.2 Å². The summed E-state index contributed by atoms with van der Waals surface area (Å²) < 4.78 is 0. The molecule has 1 unspecified atom stereocenters. The van der Waals surface area contributed by atoms with E-state index in [1.807, 2.05) is 19.9 Å². The van der Waals surface area contributed by atoms with Crippen LogP contribution in [0.1, 0.15) is 39.5 Å². The maximum Gasteiger partial charge on any atom is 0.220 e. The molecule has 1 fully saturated rings. The second-order valence-electron chi connectivity index (χ2n) is 6.85. The van der Waals surface area contributed by atoms with Crippen molar-refractivity contribution in [2.24, 2.45) is 11.3 Å². The van der Waals surface area contributed by atoms with Crippen molar-refractivity contribution in [3.8, 4) is 0 Å². The molecule has 3 rings (SSSR count). The molecule has 4 atom stereocenters. The molecular formula is C18H22O5. The minimum absolute atomic E-state index is 0.0917. The highest BCUT2D eigenvalue weighted by atomic mass is 16.3. The number of ketones is 2. The Morgan fingerprint density at radius 1 is 1.30 bits per heavy atom. The highest BCUT2D eigenvalue weighted by Gasteiger charge is 2.65. The third kappa shape index (κ3) is 1.86. The van der Waals surface area contributed by atoms with Crippen molar-refractivity contribution in [1.29, 1.82) is 0 Å². The first-order valence-corrected chi connectivity index (χ1v) is 8.11. The zero-order chi connectivity index (χ0) is 17.0. The molecule has 0 aromatic carbocycles. The van der Waals surface area contributed by atoms with E-state index < -0.39 is 28.7 Å². The van der Waals surface area contributed by atoms with Crippen LogP contribution in [0.5, 0.6) is 0 Å². The van der Waals surface area contributed by atoms with Gasteiger partial charge in [-0.1, -0.05) is 32.4 Å². The Morgan fingerprint density at radius 2 is 2.00 bits per heavy atom. The number of hydrogen-bond donors (Lipinski definition) is 3. The first-order chi connectivity index (χ1) is 10.8. The Hall–Kier alpha value is -1.72. The standard InChI is InChI=1S/C18H22O5/c1-3-7-17-14-11(4-5-12(19)15(14)21)9-10(2)18(17,23)8-6-13(20)16(17)22/h4-5,9-10,16,21-23H,3,6-8H2,1-2H3/t10-,16?,17+,18-/m1/s1. The number of carbonyl (C=O) groups is 2. The Balaban J connectivity index is 2.36. The van der Waals surface area contributed by atoms with E-state index in [9.17, 15) is 24.9 Å². The van der Waals surface area contributed by atoms with Crippen molar-refractivity contribution in [3.63, 3.8) is 0 Å². The van der Waals surface area contributed by atoms with Gasteiger partial charge in [-0.15, -0.1) is 0 Å². The maximum atomic E-state index is 12.3. The SMILES string of the molecule is CCC[C@@]12C3=C(O)C(=O)C=CC3=C[C@@H](C)[C@]1(O)CCC(=O)C2O. The number of carbonyl (C=O) groups excluding carboxylic acids is 2. The van der Waals surface area contributed by atoms with E-state index >= 15 is 0 Å². The summed E-state index contributed by atoms with van der Waals surface area (Å²) in [7, 11) is 0. The smallest absolute Gasteiger partial charge is 0.220 e. The molecule has 1 saturated carbocycles. The Labute approximate surface area is 135 Å². The van der Waals surface area contributed by atoms with Gasteiger partial charge in [0.25, 0.3) is 0 Å². The number of aliphatic hydroxyl groups is 3. The average Bonchev–Trinajstić information content (AvgIpc) is 2.51. The van der Waals surface area contributed by atoms with Crippen LogP contribution >= 0.6 is 0 Å². The van der Waals surface area contributed by atoms with E-state index in [1.54, 1.807) is 6.08 Å². The van der Waals surface area contributed by atoms with Crippen LogP contribution in [-0.4, -0.2) is 38.6 Å². The molecule has 0 saturated heterocycles. The predicted octanol–water partition coefficient (Wildman–Crippen LogP) is 1.75. The molecule has 3 aliphatic carbocycles. The molecule has 124 valence electrons. The minimum Gasteiger partial charge on any atom is -0.504 e. The molecule has 5 nitrogen and oxygen atoms in total. The summed E-state index contributed by atoms with van der Waals surface area (Å²) >= 11 is 0. The Kier molecular flexibility index (Phi) is 3.61. The fraction of sp³-hybridized carbons (Fsp3) is 0.556. The second-order valence-corrected chi connectivity index (χ2v) is 6.85. The molecule has 23 heavy (non-hydrogen) atoms. The van der Waals surface area contributed by atoms with Gasteiger partial charge in [-0.05, 0) is 24.5 Å². The molecular weight excluding hydrogens is 296 g/mol. The van der Waals surface area contributed by atoms with Crippen molar-refractivity contribution in [3.05, 3.63) is 35.1 Å². The van der Waals surface area contributed by atoms with Crippen LogP contribution in [0.3, 0.4) is 0 Å². The van der Waals surface area contributed by atoms with Crippen LogP contribution in [-0.2, 0) is 9.59 Å². The van der Waals surface area contributed by atoms with Gasteiger partial charge in [0.15, 0.2) is 11.5 Å². The van der Waals surface area contributed by atoms with Crippen molar-refractivity contribution in [2.75, 3.05) is 0 Å². The number of rotatable bonds is 2. The van der Waals surface area contributed by atoms with E-state index in [2.05, 4.69) is 0 Å². The molecule has 0 radical (unpaired) electrons. The van der Waals surface area contributed by atoms with Crippen LogP contribution in [0.15, 0.2) is 35.1 Å². The van der Waals surface area contributed by atoms with Gasteiger partial charge in [0.1, 0.15) is 6.10 Å².